The molecule has 2 aromatic heterocycles. The van der Waals surface area contributed by atoms with Gasteiger partial charge < -0.3 is 0 Å². The molecule has 0 saturated heterocycles. The zero-order chi connectivity index (χ0) is 14.4. The Morgan fingerprint density at radius 1 is 1.37 bits per heavy atom. The zero-order valence-corrected chi connectivity index (χ0v) is 11.3. The van der Waals surface area contributed by atoms with E-state index in [2.05, 4.69) is 9.97 Å². The second kappa shape index (κ2) is 4.14. The highest BCUT2D eigenvalue weighted by Gasteiger charge is 2.31. The van der Waals surface area contributed by atoms with Crippen LogP contribution < -0.4 is 0 Å². The molecule has 0 aliphatic carbocycles. The number of hydrogen-bond donors (Lipinski definition) is 0. The monoisotopic (exact) mass is 284 g/mol. The minimum atomic E-state index is -3.55. The maximum atomic E-state index is 13.0. The molecule has 0 aliphatic heterocycles. The van der Waals surface area contributed by atoms with E-state index >= 15 is 0 Å². The quantitative estimate of drug-likeness (QED) is 0.756. The van der Waals surface area contributed by atoms with Crippen LogP contribution in [0.3, 0.4) is 0 Å². The SMILES string of the molecule is CC(C)(C)c1nc2cc(C(F)(F)Cl)ncn2c1C#N. The van der Waals surface area contributed by atoms with E-state index < -0.39 is 11.1 Å². The molecule has 0 spiro atoms. The number of nitriles is 1. The van der Waals surface area contributed by atoms with Gasteiger partial charge in [-0.05, 0) is 11.6 Å². The summed E-state index contributed by atoms with van der Waals surface area (Å²) >= 11 is 4.93. The molecule has 0 aromatic carbocycles. The summed E-state index contributed by atoms with van der Waals surface area (Å²) in [5.74, 6) is 0. The first kappa shape index (κ1) is 13.7. The van der Waals surface area contributed by atoms with E-state index in [-0.39, 0.29) is 11.1 Å². The van der Waals surface area contributed by atoms with Crippen LogP contribution in [-0.4, -0.2) is 14.4 Å². The van der Waals surface area contributed by atoms with Crippen molar-refractivity contribution in [1.29, 1.82) is 5.26 Å². The molecular weight excluding hydrogens is 274 g/mol. The molecule has 100 valence electrons. The van der Waals surface area contributed by atoms with Gasteiger partial charge in [0.1, 0.15) is 29.4 Å². The summed E-state index contributed by atoms with van der Waals surface area (Å²) < 4.78 is 27.4. The highest BCUT2D eigenvalue weighted by atomic mass is 35.5. The molecule has 2 aromatic rings. The largest absolute Gasteiger partial charge is 0.364 e. The summed E-state index contributed by atoms with van der Waals surface area (Å²) in [6, 6.07) is 3.11. The molecule has 0 aliphatic rings. The van der Waals surface area contributed by atoms with Crippen molar-refractivity contribution >= 4 is 17.2 Å². The number of halogens is 3. The summed E-state index contributed by atoms with van der Waals surface area (Å²) in [4.78, 5) is 7.81. The molecule has 19 heavy (non-hydrogen) atoms. The third-order valence-corrected chi connectivity index (χ3v) is 2.82. The van der Waals surface area contributed by atoms with Gasteiger partial charge in [-0.2, -0.15) is 14.0 Å². The van der Waals surface area contributed by atoms with Crippen LogP contribution in [0.4, 0.5) is 8.78 Å². The molecule has 0 bridgehead atoms. The fourth-order valence-electron chi connectivity index (χ4n) is 1.73. The van der Waals surface area contributed by atoms with E-state index in [1.54, 1.807) is 0 Å². The van der Waals surface area contributed by atoms with E-state index in [1.807, 2.05) is 26.8 Å². The van der Waals surface area contributed by atoms with Crippen molar-refractivity contribution in [3.8, 4) is 6.07 Å². The van der Waals surface area contributed by atoms with Gasteiger partial charge in [-0.25, -0.2) is 9.97 Å². The van der Waals surface area contributed by atoms with Crippen LogP contribution in [0.5, 0.6) is 0 Å². The molecular formula is C12H11ClF2N4. The van der Waals surface area contributed by atoms with Crippen molar-refractivity contribution in [3.63, 3.8) is 0 Å². The van der Waals surface area contributed by atoms with Crippen molar-refractivity contribution in [2.24, 2.45) is 0 Å². The van der Waals surface area contributed by atoms with Crippen LogP contribution in [0, 0.1) is 11.3 Å². The summed E-state index contributed by atoms with van der Waals surface area (Å²) in [6.45, 7) is 5.67. The normalized spacial score (nSPS) is 12.7. The van der Waals surface area contributed by atoms with Gasteiger partial charge in [-0.15, -0.1) is 0 Å². The predicted molar refractivity (Wildman–Crippen MR) is 66.1 cm³/mol. The minimum Gasteiger partial charge on any atom is -0.274 e. The van der Waals surface area contributed by atoms with Crippen molar-refractivity contribution in [2.75, 3.05) is 0 Å². The molecule has 7 heteroatoms. The summed E-state index contributed by atoms with van der Waals surface area (Å²) in [6.07, 6.45) is 1.14. The summed E-state index contributed by atoms with van der Waals surface area (Å²) in [7, 11) is 0. The summed E-state index contributed by atoms with van der Waals surface area (Å²) in [5, 5.41) is 5.63. The minimum absolute atomic E-state index is 0.229. The lowest BCUT2D eigenvalue weighted by Crippen LogP contribution is -2.13. The molecule has 4 nitrogen and oxygen atoms in total. The first-order valence-corrected chi connectivity index (χ1v) is 5.88. The van der Waals surface area contributed by atoms with Crippen LogP contribution in [0.25, 0.3) is 5.65 Å². The van der Waals surface area contributed by atoms with Crippen molar-refractivity contribution < 1.29 is 8.78 Å². The highest BCUT2D eigenvalue weighted by Crippen LogP contribution is 2.32. The number of alkyl halides is 3. The first-order valence-electron chi connectivity index (χ1n) is 5.50. The van der Waals surface area contributed by atoms with Gasteiger partial charge in [0.05, 0.1) is 5.69 Å². The average molecular weight is 285 g/mol. The van der Waals surface area contributed by atoms with Gasteiger partial charge in [-0.3, -0.25) is 4.40 Å². The number of nitrogens with zero attached hydrogens (tertiary/aromatic N) is 4. The molecule has 0 fully saturated rings. The summed E-state index contributed by atoms with van der Waals surface area (Å²) in [5.41, 5.74) is 0.0930. The van der Waals surface area contributed by atoms with Crippen molar-refractivity contribution in [1.82, 2.24) is 14.4 Å². The average Bonchev–Trinajstić information content (AvgIpc) is 2.64. The van der Waals surface area contributed by atoms with Crippen LogP contribution in [0.2, 0.25) is 0 Å². The molecule has 0 saturated carbocycles. The second-order valence-electron chi connectivity index (χ2n) is 5.17. The molecule has 0 radical (unpaired) electrons. The lowest BCUT2D eigenvalue weighted by molar-refractivity contribution is 0.0899. The Morgan fingerprint density at radius 2 is 2.00 bits per heavy atom. The Balaban J connectivity index is 2.74. The third-order valence-electron chi connectivity index (χ3n) is 2.62. The Kier molecular flexibility index (Phi) is 2.98. The molecule has 0 N–H and O–H groups in total. The smallest absolute Gasteiger partial charge is 0.274 e. The van der Waals surface area contributed by atoms with E-state index in [0.29, 0.717) is 11.4 Å². The Labute approximate surface area is 113 Å². The highest BCUT2D eigenvalue weighted by molar-refractivity contribution is 6.21. The van der Waals surface area contributed by atoms with Gasteiger partial charge >= 0.3 is 5.38 Å². The van der Waals surface area contributed by atoms with Gasteiger partial charge in [0.2, 0.25) is 0 Å². The van der Waals surface area contributed by atoms with Crippen molar-refractivity contribution in [2.45, 2.75) is 31.6 Å². The first-order chi connectivity index (χ1) is 8.64. The molecule has 0 amide bonds. The van der Waals surface area contributed by atoms with Gasteiger partial charge in [0.25, 0.3) is 0 Å². The topological polar surface area (TPSA) is 54.0 Å². The van der Waals surface area contributed by atoms with Crippen LogP contribution >= 0.6 is 11.6 Å². The maximum absolute atomic E-state index is 13.0. The maximum Gasteiger partial charge on any atom is 0.364 e. The lowest BCUT2D eigenvalue weighted by atomic mass is 9.91. The molecule has 2 rings (SSSR count). The van der Waals surface area contributed by atoms with E-state index in [1.165, 1.54) is 4.40 Å². The number of hydrogen-bond acceptors (Lipinski definition) is 3. The second-order valence-corrected chi connectivity index (χ2v) is 5.65. The van der Waals surface area contributed by atoms with Crippen LogP contribution in [0.15, 0.2) is 12.4 Å². The number of imidazole rings is 1. The fourth-order valence-corrected chi connectivity index (χ4v) is 1.84. The van der Waals surface area contributed by atoms with E-state index in [4.69, 9.17) is 11.6 Å². The predicted octanol–water partition coefficient (Wildman–Crippen LogP) is 3.19. The Bertz CT molecular complexity index is 674. The van der Waals surface area contributed by atoms with E-state index in [0.717, 1.165) is 12.4 Å². The van der Waals surface area contributed by atoms with Crippen LogP contribution in [-0.2, 0) is 10.8 Å². The molecule has 0 unspecified atom stereocenters. The Hall–Kier alpha value is -1.74. The lowest BCUT2D eigenvalue weighted by Gasteiger charge is -2.14. The fraction of sp³-hybridized carbons (Fsp3) is 0.417. The van der Waals surface area contributed by atoms with Gasteiger partial charge in [-0.1, -0.05) is 20.8 Å². The van der Waals surface area contributed by atoms with Crippen LogP contribution in [0.1, 0.15) is 37.9 Å². The zero-order valence-electron chi connectivity index (χ0n) is 10.6. The molecule has 0 atom stereocenters. The number of fused-ring (bicyclic) bond motifs is 1. The van der Waals surface area contributed by atoms with Crippen molar-refractivity contribution in [3.05, 3.63) is 29.5 Å². The Morgan fingerprint density at radius 3 is 2.47 bits per heavy atom. The third kappa shape index (κ3) is 2.38. The number of rotatable bonds is 1. The van der Waals surface area contributed by atoms with E-state index in [9.17, 15) is 14.0 Å². The molecule has 2 heterocycles. The number of aromatic nitrogens is 3. The standard InChI is InChI=1S/C12H11ClF2N4/c1-11(2,3)10-7(5-16)19-6-17-8(12(13,14)15)4-9(19)18-10/h4,6H,1-3H3. The van der Waals surface area contributed by atoms with Gasteiger partial charge in [0, 0.05) is 11.5 Å². The van der Waals surface area contributed by atoms with Gasteiger partial charge in [0.15, 0.2) is 0 Å².